The molecule has 180 valence electrons. The minimum Gasteiger partial charge on any atom is -0.309 e. The van der Waals surface area contributed by atoms with Gasteiger partial charge in [0.1, 0.15) is 0 Å². The van der Waals surface area contributed by atoms with Crippen molar-refractivity contribution in [2.45, 2.75) is 31.7 Å². The predicted molar refractivity (Wildman–Crippen MR) is 138 cm³/mol. The molecule has 3 aromatic rings. The monoisotopic (exact) mass is 476 g/mol. The number of para-hydroxylation sites is 1. The Hall–Kier alpha value is -3.99. The largest absolute Gasteiger partial charge is 0.309 e. The van der Waals surface area contributed by atoms with Gasteiger partial charge in [0, 0.05) is 24.0 Å². The van der Waals surface area contributed by atoms with Crippen molar-refractivity contribution < 1.29 is 14.4 Å². The van der Waals surface area contributed by atoms with Crippen LogP contribution in [0.25, 0.3) is 0 Å². The number of amides is 3. The third-order valence-electron chi connectivity index (χ3n) is 8.03. The zero-order valence-corrected chi connectivity index (χ0v) is 20.2. The van der Waals surface area contributed by atoms with Crippen LogP contribution in [-0.2, 0) is 14.4 Å². The Morgan fingerprint density at radius 3 is 2.00 bits per heavy atom. The summed E-state index contributed by atoms with van der Waals surface area (Å²) in [6.45, 7) is 2.04. The van der Waals surface area contributed by atoms with Crippen LogP contribution in [0.15, 0.2) is 103 Å². The Morgan fingerprint density at radius 2 is 1.33 bits per heavy atom. The van der Waals surface area contributed by atoms with Crippen molar-refractivity contribution >= 4 is 23.4 Å². The first-order valence-corrected chi connectivity index (χ1v) is 12.6. The first-order valence-electron chi connectivity index (χ1n) is 12.6. The molecule has 2 heterocycles. The lowest BCUT2D eigenvalue weighted by molar-refractivity contribution is -0.136. The fourth-order valence-corrected chi connectivity index (χ4v) is 6.37. The number of likely N-dealkylation sites (tertiary alicyclic amines) is 1. The van der Waals surface area contributed by atoms with Gasteiger partial charge in [0.2, 0.25) is 17.7 Å². The Bertz CT molecular complexity index is 1340. The zero-order chi connectivity index (χ0) is 24.8. The van der Waals surface area contributed by atoms with Gasteiger partial charge in [0.05, 0.1) is 23.6 Å². The van der Waals surface area contributed by atoms with E-state index in [2.05, 4.69) is 6.08 Å². The zero-order valence-electron chi connectivity index (χ0n) is 20.2. The van der Waals surface area contributed by atoms with Crippen LogP contribution in [0.2, 0.25) is 0 Å². The molecule has 0 unspecified atom stereocenters. The molecule has 0 spiro atoms. The highest BCUT2D eigenvalue weighted by Gasteiger charge is 2.58. The van der Waals surface area contributed by atoms with E-state index in [0.717, 1.165) is 16.8 Å². The molecule has 36 heavy (non-hydrogen) atoms. The van der Waals surface area contributed by atoms with Crippen LogP contribution in [0, 0.1) is 17.8 Å². The fourth-order valence-electron chi connectivity index (χ4n) is 6.37. The van der Waals surface area contributed by atoms with Gasteiger partial charge in [-0.1, -0.05) is 84.9 Å². The Kier molecular flexibility index (Phi) is 5.56. The maximum Gasteiger partial charge on any atom is 0.238 e. The molecular weight excluding hydrogens is 448 g/mol. The summed E-state index contributed by atoms with van der Waals surface area (Å²) in [4.78, 5) is 44.5. The molecule has 0 saturated carbocycles. The van der Waals surface area contributed by atoms with Crippen LogP contribution in [0.4, 0.5) is 5.69 Å². The van der Waals surface area contributed by atoms with Crippen LogP contribution in [0.1, 0.15) is 42.9 Å². The molecule has 0 bridgehead atoms. The number of benzene rings is 3. The number of fused-ring (bicyclic) bond motifs is 3. The summed E-state index contributed by atoms with van der Waals surface area (Å²) in [5.41, 5.74) is 3.52. The Morgan fingerprint density at radius 1 is 0.750 bits per heavy atom. The third kappa shape index (κ3) is 3.49. The second-order valence-electron chi connectivity index (χ2n) is 9.92. The van der Waals surface area contributed by atoms with E-state index in [-0.39, 0.29) is 35.6 Å². The number of piperidine rings is 1. The summed E-state index contributed by atoms with van der Waals surface area (Å²) in [5.74, 6) is -1.70. The molecule has 3 amide bonds. The number of hydrogen-bond acceptors (Lipinski definition) is 3. The van der Waals surface area contributed by atoms with Crippen molar-refractivity contribution in [3.63, 3.8) is 0 Å². The maximum absolute atomic E-state index is 14.0. The minimum atomic E-state index is -0.499. The van der Waals surface area contributed by atoms with Gasteiger partial charge in [-0.15, -0.1) is 0 Å². The van der Waals surface area contributed by atoms with Gasteiger partial charge in [-0.25, -0.2) is 0 Å². The third-order valence-corrected chi connectivity index (χ3v) is 8.03. The second-order valence-corrected chi connectivity index (χ2v) is 9.92. The highest BCUT2D eigenvalue weighted by atomic mass is 16.2. The second kappa shape index (κ2) is 8.90. The number of anilines is 1. The highest BCUT2D eigenvalue weighted by molar-refractivity contribution is 6.22. The first kappa shape index (κ1) is 22.5. The van der Waals surface area contributed by atoms with E-state index in [1.165, 1.54) is 4.90 Å². The summed E-state index contributed by atoms with van der Waals surface area (Å²) >= 11 is 0. The van der Waals surface area contributed by atoms with Crippen molar-refractivity contribution in [3.05, 3.63) is 114 Å². The van der Waals surface area contributed by atoms with E-state index in [0.29, 0.717) is 18.5 Å². The molecule has 1 aliphatic carbocycles. The smallest absolute Gasteiger partial charge is 0.238 e. The lowest BCUT2D eigenvalue weighted by Crippen LogP contribution is -2.47. The van der Waals surface area contributed by atoms with Gasteiger partial charge in [-0.2, -0.15) is 0 Å². The average Bonchev–Trinajstić information content (AvgIpc) is 3.19. The molecule has 0 radical (unpaired) electrons. The number of nitrogens with zero attached hydrogens (tertiary/aromatic N) is 2. The van der Waals surface area contributed by atoms with Gasteiger partial charge in [-0.3, -0.25) is 19.3 Å². The quantitative estimate of drug-likeness (QED) is 0.469. The van der Waals surface area contributed by atoms with Crippen LogP contribution in [0.5, 0.6) is 0 Å². The number of rotatable bonds is 4. The standard InChI is InChI=1S/C31H28N2O3/c1-20(21-11-5-2-6-12-21)32-26-19-25(22-13-7-3-8-14-22)29-28(24(26)17-18-27(32)34)30(35)33(31(29)36)23-15-9-4-10-16-23/h2-16,19-20,24-25,28-29H,17-18H2,1H3/t20-,24+,25+,28+,29-/m1/s1. The van der Waals surface area contributed by atoms with Crippen molar-refractivity contribution in [1.29, 1.82) is 0 Å². The average molecular weight is 477 g/mol. The molecule has 3 aliphatic rings. The molecule has 5 heteroatoms. The maximum atomic E-state index is 14.0. The molecule has 2 fully saturated rings. The topological polar surface area (TPSA) is 57.7 Å². The van der Waals surface area contributed by atoms with Crippen LogP contribution < -0.4 is 4.90 Å². The van der Waals surface area contributed by atoms with Gasteiger partial charge in [0.15, 0.2) is 0 Å². The van der Waals surface area contributed by atoms with Gasteiger partial charge >= 0.3 is 0 Å². The summed E-state index contributed by atoms with van der Waals surface area (Å²) in [7, 11) is 0. The number of imide groups is 1. The summed E-state index contributed by atoms with van der Waals surface area (Å²) in [6.07, 6.45) is 3.05. The van der Waals surface area contributed by atoms with Gasteiger partial charge in [-0.05, 0) is 36.6 Å². The molecule has 2 aliphatic heterocycles. The van der Waals surface area contributed by atoms with Crippen molar-refractivity contribution in [3.8, 4) is 0 Å². The molecular formula is C31H28N2O3. The summed E-state index contributed by atoms with van der Waals surface area (Å²) in [5, 5.41) is 0. The van der Waals surface area contributed by atoms with Crippen molar-refractivity contribution in [2.75, 3.05) is 4.90 Å². The Balaban J connectivity index is 1.49. The van der Waals surface area contributed by atoms with Crippen LogP contribution in [-0.4, -0.2) is 22.6 Å². The highest BCUT2D eigenvalue weighted by Crippen LogP contribution is 2.53. The number of carbonyl (C=O) groups excluding carboxylic acids is 3. The van der Waals surface area contributed by atoms with E-state index in [1.54, 1.807) is 0 Å². The van der Waals surface area contributed by atoms with Crippen molar-refractivity contribution in [1.82, 2.24) is 4.90 Å². The van der Waals surface area contributed by atoms with Gasteiger partial charge in [0.25, 0.3) is 0 Å². The van der Waals surface area contributed by atoms with E-state index < -0.39 is 11.8 Å². The molecule has 3 aromatic carbocycles. The first-order chi connectivity index (χ1) is 17.6. The summed E-state index contributed by atoms with van der Waals surface area (Å²) < 4.78 is 0. The van der Waals surface area contributed by atoms with Crippen LogP contribution in [0.3, 0.4) is 0 Å². The van der Waals surface area contributed by atoms with Gasteiger partial charge < -0.3 is 4.90 Å². The molecule has 5 atom stereocenters. The number of carbonyl (C=O) groups is 3. The van der Waals surface area contributed by atoms with Crippen LogP contribution >= 0.6 is 0 Å². The lowest BCUT2D eigenvalue weighted by Gasteiger charge is -2.46. The summed E-state index contributed by atoms with van der Waals surface area (Å²) in [6, 6.07) is 28.9. The Labute approximate surface area is 211 Å². The predicted octanol–water partition coefficient (Wildman–Crippen LogP) is 5.47. The molecule has 2 saturated heterocycles. The normalized spacial score (nSPS) is 26.4. The fraction of sp³-hybridized carbons (Fsp3) is 0.258. The van der Waals surface area contributed by atoms with E-state index >= 15 is 0 Å². The lowest BCUT2D eigenvalue weighted by atomic mass is 9.65. The number of hydrogen-bond donors (Lipinski definition) is 0. The van der Waals surface area contributed by atoms with E-state index in [1.807, 2.05) is 103 Å². The van der Waals surface area contributed by atoms with Crippen molar-refractivity contribution in [2.24, 2.45) is 17.8 Å². The molecule has 0 aromatic heterocycles. The number of allylic oxidation sites excluding steroid dienone is 2. The SMILES string of the molecule is C[C@H](c1ccccc1)N1C(=O)CC[C@H]2C1=C[C@@H](c1ccccc1)[C@H]1C(=O)N(c3ccccc3)C(=O)[C@H]12. The molecule has 6 rings (SSSR count). The van der Waals surface area contributed by atoms with E-state index in [4.69, 9.17) is 0 Å². The van der Waals surface area contributed by atoms with E-state index in [9.17, 15) is 14.4 Å². The minimum absolute atomic E-state index is 0.0656. The molecule has 5 nitrogen and oxygen atoms in total. The molecule has 0 N–H and O–H groups in total.